The molecule has 1 aromatic heterocycles. The summed E-state index contributed by atoms with van der Waals surface area (Å²) in [4.78, 5) is 22.5. The predicted molar refractivity (Wildman–Crippen MR) is 106 cm³/mol. The predicted octanol–water partition coefficient (Wildman–Crippen LogP) is 4.26. The molecule has 142 valence electrons. The van der Waals surface area contributed by atoms with Crippen molar-refractivity contribution >= 4 is 22.6 Å². The first-order chi connectivity index (χ1) is 13.7. The van der Waals surface area contributed by atoms with E-state index in [2.05, 4.69) is 5.32 Å². The molecule has 5 rings (SSSR count). The van der Waals surface area contributed by atoms with Gasteiger partial charge in [0.25, 0.3) is 5.91 Å². The lowest BCUT2D eigenvalue weighted by molar-refractivity contribution is 0.102. The molecule has 2 bridgehead atoms. The van der Waals surface area contributed by atoms with Gasteiger partial charge in [-0.3, -0.25) is 4.79 Å². The molecule has 0 aliphatic heterocycles. The van der Waals surface area contributed by atoms with Gasteiger partial charge < -0.3 is 14.8 Å². The fourth-order valence-electron chi connectivity index (χ4n) is 4.40. The highest BCUT2D eigenvalue weighted by Crippen LogP contribution is 2.51. The number of carbonyl (C=O) groups is 1. The highest BCUT2D eigenvalue weighted by atomic mass is 16.5. The number of nitrogens with one attached hydrogen (secondary N) is 1. The molecule has 3 aromatic rings. The lowest BCUT2D eigenvalue weighted by atomic mass is 10.00. The van der Waals surface area contributed by atoms with Crippen LogP contribution in [-0.4, -0.2) is 30.1 Å². The molecule has 1 saturated carbocycles. The smallest absolute Gasteiger partial charge is 0.255 e. The minimum Gasteiger partial charge on any atom is -0.497 e. The highest BCUT2D eigenvalue weighted by molar-refractivity contribution is 6.06. The Labute approximate surface area is 162 Å². The number of nitrogens with zero attached hydrogens (tertiary/aromatic N) is 2. The van der Waals surface area contributed by atoms with Crippen molar-refractivity contribution < 1.29 is 14.3 Å². The SMILES string of the molecule is COc1ccc(NC(=O)c2ccc3nc4c(nc3c2)C2CCC4C2)c(OC)c1. The van der Waals surface area contributed by atoms with E-state index in [4.69, 9.17) is 19.4 Å². The second kappa shape index (κ2) is 6.48. The second-order valence-corrected chi connectivity index (χ2v) is 7.42. The lowest BCUT2D eigenvalue weighted by Crippen LogP contribution is -2.13. The van der Waals surface area contributed by atoms with Gasteiger partial charge in [0.1, 0.15) is 11.5 Å². The molecule has 2 unspecified atom stereocenters. The van der Waals surface area contributed by atoms with Crippen LogP contribution in [0.1, 0.15) is 52.8 Å². The number of ether oxygens (including phenoxy) is 2. The third kappa shape index (κ3) is 2.68. The molecule has 1 amide bonds. The Kier molecular flexibility index (Phi) is 3.93. The standard InChI is InChI=1S/C22H21N3O3/c1-27-15-6-8-17(19(11-15)28-2)25-22(26)14-5-7-16-18(10-14)24-21-13-4-3-12(9-13)20(21)23-16/h5-8,10-13H,3-4,9H2,1-2H3,(H,25,26). The maximum absolute atomic E-state index is 12.8. The fourth-order valence-corrected chi connectivity index (χ4v) is 4.40. The van der Waals surface area contributed by atoms with E-state index in [1.807, 2.05) is 12.1 Å². The van der Waals surface area contributed by atoms with Crippen molar-refractivity contribution in [2.45, 2.75) is 31.1 Å². The topological polar surface area (TPSA) is 73.3 Å². The molecule has 1 fully saturated rings. The van der Waals surface area contributed by atoms with Gasteiger partial charge in [0, 0.05) is 23.5 Å². The first-order valence-corrected chi connectivity index (χ1v) is 9.51. The summed E-state index contributed by atoms with van der Waals surface area (Å²) in [6.45, 7) is 0. The van der Waals surface area contributed by atoms with Crippen molar-refractivity contribution in [2.75, 3.05) is 19.5 Å². The summed E-state index contributed by atoms with van der Waals surface area (Å²) in [5.74, 6) is 2.11. The number of methoxy groups -OCH3 is 2. The van der Waals surface area contributed by atoms with Gasteiger partial charge in [-0.25, -0.2) is 9.97 Å². The Morgan fingerprint density at radius 3 is 2.43 bits per heavy atom. The average Bonchev–Trinajstić information content (AvgIpc) is 3.34. The molecular weight excluding hydrogens is 354 g/mol. The van der Waals surface area contributed by atoms with Crippen molar-refractivity contribution in [1.29, 1.82) is 0 Å². The molecule has 0 saturated heterocycles. The molecule has 2 atom stereocenters. The summed E-state index contributed by atoms with van der Waals surface area (Å²) < 4.78 is 10.6. The van der Waals surface area contributed by atoms with Crippen LogP contribution in [0.3, 0.4) is 0 Å². The highest BCUT2D eigenvalue weighted by Gasteiger charge is 2.39. The van der Waals surface area contributed by atoms with Gasteiger partial charge in [-0.1, -0.05) is 0 Å². The molecule has 6 nitrogen and oxygen atoms in total. The normalized spacial score (nSPS) is 19.5. The Morgan fingerprint density at radius 2 is 1.71 bits per heavy atom. The molecule has 1 N–H and O–H groups in total. The number of aromatic nitrogens is 2. The van der Waals surface area contributed by atoms with Crippen LogP contribution < -0.4 is 14.8 Å². The van der Waals surface area contributed by atoms with Crippen molar-refractivity contribution in [3.8, 4) is 11.5 Å². The average molecular weight is 375 g/mol. The number of hydrogen-bond acceptors (Lipinski definition) is 5. The zero-order valence-electron chi connectivity index (χ0n) is 15.9. The van der Waals surface area contributed by atoms with Crippen LogP contribution >= 0.6 is 0 Å². The summed E-state index contributed by atoms with van der Waals surface area (Å²) in [5.41, 5.74) is 5.07. The molecule has 0 spiro atoms. The van der Waals surface area contributed by atoms with Crippen LogP contribution in [0.4, 0.5) is 5.69 Å². The number of amides is 1. The van der Waals surface area contributed by atoms with Crippen molar-refractivity contribution in [1.82, 2.24) is 9.97 Å². The Morgan fingerprint density at radius 1 is 0.964 bits per heavy atom. The maximum atomic E-state index is 12.8. The number of benzene rings is 2. The van der Waals surface area contributed by atoms with E-state index in [0.717, 1.165) is 16.7 Å². The summed E-state index contributed by atoms with van der Waals surface area (Å²) in [7, 11) is 3.15. The van der Waals surface area contributed by atoms with Gasteiger partial charge in [0.15, 0.2) is 0 Å². The zero-order valence-corrected chi connectivity index (χ0v) is 15.9. The molecule has 28 heavy (non-hydrogen) atoms. The van der Waals surface area contributed by atoms with E-state index >= 15 is 0 Å². The molecular formula is C22H21N3O3. The molecule has 2 aliphatic rings. The summed E-state index contributed by atoms with van der Waals surface area (Å²) in [5, 5.41) is 2.91. The van der Waals surface area contributed by atoms with Crippen LogP contribution in [0.5, 0.6) is 11.5 Å². The van der Waals surface area contributed by atoms with E-state index in [0.29, 0.717) is 34.6 Å². The quantitative estimate of drug-likeness (QED) is 0.737. The molecule has 0 radical (unpaired) electrons. The number of anilines is 1. The molecule has 1 heterocycles. The number of carbonyl (C=O) groups excluding carboxylic acids is 1. The van der Waals surface area contributed by atoms with E-state index in [-0.39, 0.29) is 5.91 Å². The van der Waals surface area contributed by atoms with E-state index in [1.54, 1.807) is 38.5 Å². The van der Waals surface area contributed by atoms with E-state index < -0.39 is 0 Å². The number of rotatable bonds is 4. The van der Waals surface area contributed by atoms with Crippen molar-refractivity contribution in [2.24, 2.45) is 0 Å². The van der Waals surface area contributed by atoms with E-state index in [9.17, 15) is 4.79 Å². The van der Waals surface area contributed by atoms with Crippen LogP contribution in [0.25, 0.3) is 11.0 Å². The monoisotopic (exact) mass is 375 g/mol. The first kappa shape index (κ1) is 17.0. The first-order valence-electron chi connectivity index (χ1n) is 9.51. The fraction of sp³-hybridized carbons (Fsp3) is 0.318. The number of fused-ring (bicyclic) bond motifs is 6. The lowest BCUT2D eigenvalue weighted by Gasteiger charge is -2.14. The third-order valence-corrected chi connectivity index (χ3v) is 5.84. The summed E-state index contributed by atoms with van der Waals surface area (Å²) in [6.07, 6.45) is 3.60. The van der Waals surface area contributed by atoms with Crippen molar-refractivity contribution in [3.63, 3.8) is 0 Å². The van der Waals surface area contributed by atoms with Gasteiger partial charge in [-0.05, 0) is 49.6 Å². The van der Waals surface area contributed by atoms with Gasteiger partial charge in [-0.2, -0.15) is 0 Å². The maximum Gasteiger partial charge on any atom is 0.255 e. The summed E-state index contributed by atoms with van der Waals surface area (Å²) in [6, 6.07) is 10.8. The van der Waals surface area contributed by atoms with Crippen molar-refractivity contribution in [3.05, 3.63) is 53.3 Å². The zero-order chi connectivity index (χ0) is 19.3. The second-order valence-electron chi connectivity index (χ2n) is 7.42. The Bertz CT molecular complexity index is 1100. The molecule has 2 aromatic carbocycles. The van der Waals surface area contributed by atoms with Crippen LogP contribution in [0.2, 0.25) is 0 Å². The van der Waals surface area contributed by atoms with Gasteiger partial charge in [0.05, 0.1) is 42.3 Å². The summed E-state index contributed by atoms with van der Waals surface area (Å²) >= 11 is 0. The van der Waals surface area contributed by atoms with Crippen LogP contribution in [-0.2, 0) is 0 Å². The van der Waals surface area contributed by atoms with Crippen LogP contribution in [0.15, 0.2) is 36.4 Å². The van der Waals surface area contributed by atoms with Gasteiger partial charge in [-0.15, -0.1) is 0 Å². The Balaban J connectivity index is 1.45. The minimum atomic E-state index is -0.214. The van der Waals surface area contributed by atoms with Gasteiger partial charge in [0.2, 0.25) is 0 Å². The minimum absolute atomic E-state index is 0.214. The molecule has 2 aliphatic carbocycles. The largest absolute Gasteiger partial charge is 0.497 e. The Hall–Kier alpha value is -3.15. The van der Waals surface area contributed by atoms with Crippen LogP contribution in [0, 0.1) is 0 Å². The number of hydrogen-bond donors (Lipinski definition) is 1. The van der Waals surface area contributed by atoms with Gasteiger partial charge >= 0.3 is 0 Å². The third-order valence-electron chi connectivity index (χ3n) is 5.84. The van der Waals surface area contributed by atoms with E-state index in [1.165, 1.54) is 25.0 Å². The molecule has 6 heteroatoms.